The van der Waals surface area contributed by atoms with Crippen LogP contribution in [0.2, 0.25) is 0 Å². The van der Waals surface area contributed by atoms with Crippen molar-refractivity contribution in [1.82, 2.24) is 4.72 Å². The quantitative estimate of drug-likeness (QED) is 0.868. The molecule has 0 fully saturated rings. The van der Waals surface area contributed by atoms with Gasteiger partial charge in [-0.1, -0.05) is 12.1 Å². The van der Waals surface area contributed by atoms with Crippen molar-refractivity contribution in [3.63, 3.8) is 0 Å². The van der Waals surface area contributed by atoms with E-state index >= 15 is 0 Å². The second-order valence-corrected chi connectivity index (χ2v) is 7.36. The van der Waals surface area contributed by atoms with E-state index in [4.69, 9.17) is 9.47 Å². The molecular formula is C18H23NO4S. The van der Waals surface area contributed by atoms with Crippen LogP contribution in [0, 0.1) is 13.8 Å². The Morgan fingerprint density at radius 3 is 1.88 bits per heavy atom. The lowest BCUT2D eigenvalue weighted by Gasteiger charge is -2.18. The van der Waals surface area contributed by atoms with Crippen LogP contribution in [0.25, 0.3) is 0 Å². The van der Waals surface area contributed by atoms with E-state index in [9.17, 15) is 8.42 Å². The first-order valence-corrected chi connectivity index (χ1v) is 9.08. The molecule has 0 amide bonds. The normalized spacial score (nSPS) is 12.7. The molecule has 1 N–H and O–H groups in total. The van der Waals surface area contributed by atoms with Gasteiger partial charge >= 0.3 is 0 Å². The fourth-order valence-corrected chi connectivity index (χ4v) is 4.39. The highest BCUT2D eigenvalue weighted by atomic mass is 32.2. The van der Waals surface area contributed by atoms with E-state index in [1.54, 1.807) is 40.2 Å². The van der Waals surface area contributed by atoms with E-state index in [1.807, 2.05) is 31.2 Å². The summed E-state index contributed by atoms with van der Waals surface area (Å²) in [7, 11) is -0.491. The molecule has 5 nitrogen and oxygen atoms in total. The van der Waals surface area contributed by atoms with Crippen LogP contribution in [0.1, 0.15) is 29.7 Å². The molecule has 0 spiro atoms. The standard InChI is InChI=1S/C18H23NO4S/c1-12-10-17(23-5)11-13(2)18(12)24(20,21)19-14(3)15-6-8-16(22-4)9-7-15/h6-11,14,19H,1-5H3/t14-/m1/s1. The highest BCUT2D eigenvalue weighted by molar-refractivity contribution is 7.89. The molecule has 0 saturated heterocycles. The molecule has 2 rings (SSSR count). The topological polar surface area (TPSA) is 64.6 Å². The summed E-state index contributed by atoms with van der Waals surface area (Å²) in [6.07, 6.45) is 0. The van der Waals surface area contributed by atoms with E-state index in [0.717, 1.165) is 11.3 Å². The number of ether oxygens (including phenoxy) is 2. The summed E-state index contributed by atoms with van der Waals surface area (Å²) in [4.78, 5) is 0.295. The molecule has 1 atom stereocenters. The summed E-state index contributed by atoms with van der Waals surface area (Å²) in [6.45, 7) is 5.35. The lowest BCUT2D eigenvalue weighted by atomic mass is 10.1. The van der Waals surface area contributed by atoms with Crippen LogP contribution in [0.3, 0.4) is 0 Å². The summed E-state index contributed by atoms with van der Waals surface area (Å²) >= 11 is 0. The number of methoxy groups -OCH3 is 2. The predicted molar refractivity (Wildman–Crippen MR) is 94.2 cm³/mol. The van der Waals surface area contributed by atoms with Crippen LogP contribution < -0.4 is 14.2 Å². The van der Waals surface area contributed by atoms with Gasteiger partial charge in [0.1, 0.15) is 11.5 Å². The number of hydrogen-bond donors (Lipinski definition) is 1. The van der Waals surface area contributed by atoms with Gasteiger partial charge in [-0.2, -0.15) is 0 Å². The Hall–Kier alpha value is -2.05. The maximum absolute atomic E-state index is 12.8. The summed E-state index contributed by atoms with van der Waals surface area (Å²) in [5, 5.41) is 0. The Kier molecular flexibility index (Phi) is 5.51. The molecule has 2 aromatic rings. The van der Waals surface area contributed by atoms with Gasteiger partial charge in [-0.15, -0.1) is 0 Å². The molecule has 0 aliphatic carbocycles. The molecule has 130 valence electrons. The van der Waals surface area contributed by atoms with Gasteiger partial charge in [0, 0.05) is 6.04 Å². The van der Waals surface area contributed by atoms with Crippen molar-refractivity contribution in [2.75, 3.05) is 14.2 Å². The van der Waals surface area contributed by atoms with Crippen molar-refractivity contribution in [2.24, 2.45) is 0 Å². The van der Waals surface area contributed by atoms with E-state index in [1.165, 1.54) is 0 Å². The molecule has 0 heterocycles. The van der Waals surface area contributed by atoms with Gasteiger partial charge in [-0.3, -0.25) is 0 Å². The smallest absolute Gasteiger partial charge is 0.241 e. The number of nitrogens with one attached hydrogen (secondary N) is 1. The monoisotopic (exact) mass is 349 g/mol. The van der Waals surface area contributed by atoms with Gasteiger partial charge in [-0.25, -0.2) is 13.1 Å². The van der Waals surface area contributed by atoms with E-state index in [2.05, 4.69) is 4.72 Å². The third-order valence-corrected chi connectivity index (χ3v) is 5.73. The van der Waals surface area contributed by atoms with Gasteiger partial charge < -0.3 is 9.47 Å². The largest absolute Gasteiger partial charge is 0.497 e. The zero-order chi connectivity index (χ0) is 17.9. The Labute approximate surface area is 143 Å². The molecule has 6 heteroatoms. The molecular weight excluding hydrogens is 326 g/mol. The van der Waals surface area contributed by atoms with Gasteiger partial charge in [0.25, 0.3) is 0 Å². The second-order valence-electron chi connectivity index (χ2n) is 5.71. The highest BCUT2D eigenvalue weighted by Gasteiger charge is 2.23. The Morgan fingerprint density at radius 2 is 1.42 bits per heavy atom. The number of sulfonamides is 1. The summed E-state index contributed by atoms with van der Waals surface area (Å²) in [6, 6.07) is 10.4. The Balaban J connectivity index is 2.30. The molecule has 2 aromatic carbocycles. The Bertz CT molecular complexity index is 790. The first-order valence-electron chi connectivity index (χ1n) is 7.60. The molecule has 0 aromatic heterocycles. The second kappa shape index (κ2) is 7.23. The lowest BCUT2D eigenvalue weighted by Crippen LogP contribution is -2.28. The van der Waals surface area contributed by atoms with Crippen LogP contribution in [-0.4, -0.2) is 22.6 Å². The number of aryl methyl sites for hydroxylation is 2. The van der Waals surface area contributed by atoms with Crippen molar-refractivity contribution in [1.29, 1.82) is 0 Å². The maximum Gasteiger partial charge on any atom is 0.241 e. The predicted octanol–water partition coefficient (Wildman–Crippen LogP) is 3.36. The minimum atomic E-state index is -3.65. The van der Waals surface area contributed by atoms with E-state index < -0.39 is 10.0 Å². The van der Waals surface area contributed by atoms with Crippen LogP contribution in [0.5, 0.6) is 11.5 Å². The van der Waals surface area contributed by atoms with Crippen molar-refractivity contribution in [3.05, 3.63) is 53.1 Å². The average Bonchev–Trinajstić information content (AvgIpc) is 2.53. The molecule has 0 aliphatic rings. The van der Waals surface area contributed by atoms with E-state index in [0.29, 0.717) is 21.8 Å². The van der Waals surface area contributed by atoms with Crippen LogP contribution in [0.15, 0.2) is 41.3 Å². The third kappa shape index (κ3) is 3.88. The fourth-order valence-electron chi connectivity index (χ4n) is 2.70. The van der Waals surface area contributed by atoms with Crippen molar-refractivity contribution >= 4 is 10.0 Å². The summed E-state index contributed by atoms with van der Waals surface area (Å²) < 4.78 is 38.7. The first kappa shape index (κ1) is 18.3. The molecule has 0 bridgehead atoms. The lowest BCUT2D eigenvalue weighted by molar-refractivity contribution is 0.413. The number of hydrogen-bond acceptors (Lipinski definition) is 4. The molecule has 0 radical (unpaired) electrons. The third-order valence-electron chi connectivity index (χ3n) is 3.89. The van der Waals surface area contributed by atoms with Gasteiger partial charge in [-0.05, 0) is 61.7 Å². The molecule has 0 aliphatic heterocycles. The molecule has 24 heavy (non-hydrogen) atoms. The summed E-state index contributed by atoms with van der Waals surface area (Å²) in [5.74, 6) is 1.38. The summed E-state index contributed by atoms with van der Waals surface area (Å²) in [5.41, 5.74) is 2.17. The number of benzene rings is 2. The SMILES string of the molecule is COc1ccc([C@@H](C)NS(=O)(=O)c2c(C)cc(OC)cc2C)cc1. The minimum absolute atomic E-state index is 0.295. The maximum atomic E-state index is 12.8. The van der Waals surface area contributed by atoms with Gasteiger partial charge in [0.2, 0.25) is 10.0 Å². The van der Waals surface area contributed by atoms with Crippen LogP contribution >= 0.6 is 0 Å². The van der Waals surface area contributed by atoms with Crippen LogP contribution in [0.4, 0.5) is 0 Å². The minimum Gasteiger partial charge on any atom is -0.497 e. The highest BCUT2D eigenvalue weighted by Crippen LogP contribution is 2.27. The Morgan fingerprint density at radius 1 is 0.917 bits per heavy atom. The zero-order valence-corrected chi connectivity index (χ0v) is 15.4. The number of rotatable bonds is 6. The van der Waals surface area contributed by atoms with Crippen molar-refractivity contribution in [2.45, 2.75) is 31.7 Å². The average molecular weight is 349 g/mol. The van der Waals surface area contributed by atoms with Crippen molar-refractivity contribution in [3.8, 4) is 11.5 Å². The van der Waals surface area contributed by atoms with Crippen LogP contribution in [-0.2, 0) is 10.0 Å². The fraction of sp³-hybridized carbons (Fsp3) is 0.333. The van der Waals surface area contributed by atoms with E-state index in [-0.39, 0.29) is 6.04 Å². The van der Waals surface area contributed by atoms with Gasteiger partial charge in [0.15, 0.2) is 0 Å². The van der Waals surface area contributed by atoms with Gasteiger partial charge in [0.05, 0.1) is 19.1 Å². The molecule has 0 unspecified atom stereocenters. The molecule has 0 saturated carbocycles. The first-order chi connectivity index (χ1) is 11.3. The van der Waals surface area contributed by atoms with Crippen molar-refractivity contribution < 1.29 is 17.9 Å². The zero-order valence-electron chi connectivity index (χ0n) is 14.6.